The van der Waals surface area contributed by atoms with Gasteiger partial charge in [0.25, 0.3) is 0 Å². The average Bonchev–Trinajstić information content (AvgIpc) is 2.04. The second-order valence-corrected chi connectivity index (χ2v) is 2.58. The van der Waals surface area contributed by atoms with Crippen molar-refractivity contribution in [1.82, 2.24) is 4.98 Å². The van der Waals surface area contributed by atoms with Gasteiger partial charge in [0.1, 0.15) is 0 Å². The van der Waals surface area contributed by atoms with Crippen LogP contribution in [0.3, 0.4) is 0 Å². The van der Waals surface area contributed by atoms with Crippen molar-refractivity contribution in [1.29, 1.82) is 0 Å². The number of imide groups is 1. The van der Waals surface area contributed by atoms with Gasteiger partial charge < -0.3 is 0 Å². The molecule has 2 amide bonds. The Bertz CT molecular complexity index is 308. The van der Waals surface area contributed by atoms with Crippen molar-refractivity contribution in [2.75, 3.05) is 4.90 Å². The lowest BCUT2D eigenvalue weighted by Crippen LogP contribution is -2.32. The maximum absolute atomic E-state index is 11.1. The van der Waals surface area contributed by atoms with Crippen molar-refractivity contribution in [3.8, 4) is 0 Å². The zero-order valence-electron chi connectivity index (χ0n) is 7.52. The van der Waals surface area contributed by atoms with Gasteiger partial charge >= 0.3 is 0 Å². The summed E-state index contributed by atoms with van der Waals surface area (Å²) in [5.41, 5.74) is 0.551. The number of amides is 2. The van der Waals surface area contributed by atoms with E-state index in [-0.39, 0.29) is 11.8 Å². The normalized spacial score (nSPS) is 9.38. The van der Waals surface area contributed by atoms with Gasteiger partial charge in [-0.25, -0.2) is 0 Å². The van der Waals surface area contributed by atoms with E-state index in [9.17, 15) is 9.59 Å². The van der Waals surface area contributed by atoms with Gasteiger partial charge in [0, 0.05) is 26.2 Å². The first-order chi connectivity index (χ1) is 6.13. The van der Waals surface area contributed by atoms with E-state index < -0.39 is 0 Å². The Kier molecular flexibility index (Phi) is 2.74. The minimum atomic E-state index is -0.293. The average molecular weight is 178 g/mol. The largest absolute Gasteiger partial charge is 0.274 e. The molecule has 68 valence electrons. The van der Waals surface area contributed by atoms with Gasteiger partial charge in [-0.15, -0.1) is 0 Å². The highest BCUT2D eigenvalue weighted by Crippen LogP contribution is 2.11. The van der Waals surface area contributed by atoms with Crippen LogP contribution in [0.25, 0.3) is 0 Å². The summed E-state index contributed by atoms with van der Waals surface area (Å²) in [6, 6.07) is 3.23. The quantitative estimate of drug-likeness (QED) is 0.644. The summed E-state index contributed by atoms with van der Waals surface area (Å²) >= 11 is 0. The van der Waals surface area contributed by atoms with Gasteiger partial charge in [0.05, 0.1) is 5.69 Å². The predicted molar refractivity (Wildman–Crippen MR) is 48.1 cm³/mol. The fraction of sp³-hybridized carbons (Fsp3) is 0.222. The van der Waals surface area contributed by atoms with E-state index in [0.29, 0.717) is 5.69 Å². The Morgan fingerprint density at radius 1 is 1.15 bits per heavy atom. The van der Waals surface area contributed by atoms with Gasteiger partial charge in [0.15, 0.2) is 0 Å². The van der Waals surface area contributed by atoms with E-state index in [0.717, 1.165) is 4.90 Å². The van der Waals surface area contributed by atoms with Gasteiger partial charge in [0.2, 0.25) is 11.8 Å². The lowest BCUT2D eigenvalue weighted by molar-refractivity contribution is -0.124. The third-order valence-electron chi connectivity index (χ3n) is 1.55. The first-order valence-corrected chi connectivity index (χ1v) is 3.84. The number of hydrogen-bond donors (Lipinski definition) is 0. The molecule has 4 heteroatoms. The minimum absolute atomic E-state index is 0.293. The molecule has 0 aromatic carbocycles. The first kappa shape index (κ1) is 9.38. The van der Waals surface area contributed by atoms with Crippen LogP contribution in [-0.2, 0) is 9.59 Å². The molecule has 0 saturated heterocycles. The lowest BCUT2D eigenvalue weighted by Gasteiger charge is -2.16. The Morgan fingerprint density at radius 2 is 1.62 bits per heavy atom. The molecule has 1 rings (SSSR count). The topological polar surface area (TPSA) is 50.3 Å². The summed E-state index contributed by atoms with van der Waals surface area (Å²) in [5, 5.41) is 0. The minimum Gasteiger partial charge on any atom is -0.274 e. The van der Waals surface area contributed by atoms with E-state index in [1.54, 1.807) is 12.1 Å². The molecule has 1 aromatic rings. The molecule has 0 aliphatic heterocycles. The van der Waals surface area contributed by atoms with Crippen molar-refractivity contribution in [2.24, 2.45) is 0 Å². The number of aromatic nitrogens is 1. The van der Waals surface area contributed by atoms with Crippen LogP contribution in [0, 0.1) is 0 Å². The summed E-state index contributed by atoms with van der Waals surface area (Å²) in [4.78, 5) is 27.0. The Balaban J connectivity index is 3.03. The number of anilines is 1. The fourth-order valence-electron chi connectivity index (χ4n) is 1.08. The maximum Gasteiger partial charge on any atom is 0.230 e. The van der Waals surface area contributed by atoms with Gasteiger partial charge in [-0.1, -0.05) is 0 Å². The molecule has 0 N–H and O–H groups in total. The van der Waals surface area contributed by atoms with E-state index in [2.05, 4.69) is 4.98 Å². The monoisotopic (exact) mass is 178 g/mol. The molecule has 1 aromatic heterocycles. The van der Waals surface area contributed by atoms with Crippen LogP contribution in [0.2, 0.25) is 0 Å². The number of nitrogens with zero attached hydrogens (tertiary/aromatic N) is 2. The van der Waals surface area contributed by atoms with Crippen LogP contribution in [0.5, 0.6) is 0 Å². The van der Waals surface area contributed by atoms with E-state index >= 15 is 0 Å². The SMILES string of the molecule is CC(=O)N(C(C)=O)c1ccncc1. The molecular weight excluding hydrogens is 168 g/mol. The molecule has 0 aliphatic carbocycles. The van der Waals surface area contributed by atoms with Crippen molar-refractivity contribution in [2.45, 2.75) is 13.8 Å². The van der Waals surface area contributed by atoms with Crippen LogP contribution in [0.4, 0.5) is 5.69 Å². The Labute approximate surface area is 76.2 Å². The molecule has 0 radical (unpaired) electrons. The van der Waals surface area contributed by atoms with Crippen LogP contribution < -0.4 is 4.90 Å². The van der Waals surface area contributed by atoms with E-state index in [1.165, 1.54) is 26.2 Å². The number of carbonyl (C=O) groups excluding carboxylic acids is 2. The van der Waals surface area contributed by atoms with Crippen LogP contribution in [-0.4, -0.2) is 16.8 Å². The fourth-order valence-corrected chi connectivity index (χ4v) is 1.08. The number of rotatable bonds is 1. The van der Waals surface area contributed by atoms with Crippen molar-refractivity contribution in [3.63, 3.8) is 0 Å². The van der Waals surface area contributed by atoms with E-state index in [4.69, 9.17) is 0 Å². The van der Waals surface area contributed by atoms with Gasteiger partial charge in [-0.05, 0) is 12.1 Å². The number of pyridine rings is 1. The van der Waals surface area contributed by atoms with Crippen molar-refractivity contribution in [3.05, 3.63) is 24.5 Å². The lowest BCUT2D eigenvalue weighted by atomic mass is 10.3. The van der Waals surface area contributed by atoms with Crippen LogP contribution in [0.1, 0.15) is 13.8 Å². The number of hydrogen-bond acceptors (Lipinski definition) is 3. The van der Waals surface area contributed by atoms with Gasteiger partial charge in [-0.2, -0.15) is 0 Å². The molecular formula is C9H10N2O2. The summed E-state index contributed by atoms with van der Waals surface area (Å²) in [5.74, 6) is -0.586. The molecule has 0 spiro atoms. The maximum atomic E-state index is 11.1. The summed E-state index contributed by atoms with van der Waals surface area (Å²) in [7, 11) is 0. The van der Waals surface area contributed by atoms with Crippen molar-refractivity contribution >= 4 is 17.5 Å². The standard InChI is InChI=1S/C9H10N2O2/c1-7(12)11(8(2)13)9-3-5-10-6-4-9/h3-6H,1-2H3. The second-order valence-electron chi connectivity index (χ2n) is 2.58. The molecule has 0 unspecified atom stereocenters. The highest BCUT2D eigenvalue weighted by Gasteiger charge is 2.14. The Hall–Kier alpha value is -1.71. The zero-order chi connectivity index (χ0) is 9.84. The second kappa shape index (κ2) is 3.80. The van der Waals surface area contributed by atoms with E-state index in [1.807, 2.05) is 0 Å². The molecule has 0 saturated carbocycles. The van der Waals surface area contributed by atoms with Crippen molar-refractivity contribution < 1.29 is 9.59 Å². The highest BCUT2D eigenvalue weighted by atomic mass is 16.2. The molecule has 0 fully saturated rings. The molecule has 0 aliphatic rings. The molecule has 0 atom stereocenters. The third-order valence-corrected chi connectivity index (χ3v) is 1.55. The molecule has 1 heterocycles. The summed E-state index contributed by atoms with van der Waals surface area (Å²) in [6.07, 6.45) is 3.07. The zero-order valence-corrected chi connectivity index (χ0v) is 7.52. The predicted octanol–water partition coefficient (Wildman–Crippen LogP) is 0.981. The molecule has 13 heavy (non-hydrogen) atoms. The summed E-state index contributed by atoms with van der Waals surface area (Å²) < 4.78 is 0. The van der Waals surface area contributed by atoms with Crippen LogP contribution >= 0.6 is 0 Å². The first-order valence-electron chi connectivity index (χ1n) is 3.84. The number of carbonyl (C=O) groups is 2. The molecule has 4 nitrogen and oxygen atoms in total. The summed E-state index contributed by atoms with van der Waals surface area (Å²) in [6.45, 7) is 2.70. The Morgan fingerprint density at radius 3 is 2.00 bits per heavy atom. The third kappa shape index (κ3) is 2.11. The van der Waals surface area contributed by atoms with Gasteiger partial charge in [-0.3, -0.25) is 19.5 Å². The van der Waals surface area contributed by atoms with Crippen LogP contribution in [0.15, 0.2) is 24.5 Å². The smallest absolute Gasteiger partial charge is 0.230 e. The highest BCUT2D eigenvalue weighted by molar-refractivity contribution is 6.13. The molecule has 0 bridgehead atoms.